The van der Waals surface area contributed by atoms with Crippen LogP contribution in [0.15, 0.2) is 30.9 Å². The minimum Gasteiger partial charge on any atom is -0.329 e. The van der Waals surface area contributed by atoms with Crippen molar-refractivity contribution in [1.29, 1.82) is 0 Å². The molecule has 0 bridgehead atoms. The summed E-state index contributed by atoms with van der Waals surface area (Å²) in [6.45, 7) is 3.24. The van der Waals surface area contributed by atoms with E-state index in [9.17, 15) is 0 Å². The van der Waals surface area contributed by atoms with Crippen LogP contribution in [0, 0.1) is 0 Å². The molecule has 128 valence electrons. The molecule has 5 nitrogen and oxygen atoms in total. The van der Waals surface area contributed by atoms with E-state index in [2.05, 4.69) is 30.5 Å². The van der Waals surface area contributed by atoms with E-state index in [1.807, 2.05) is 6.20 Å². The SMILES string of the molecule is Clc1cnc2c(c1)c1c(n2CCc2cnccn2)CCN2CCCC12. The molecule has 6 heteroatoms. The van der Waals surface area contributed by atoms with Crippen molar-refractivity contribution in [1.82, 2.24) is 24.4 Å². The van der Waals surface area contributed by atoms with Gasteiger partial charge in [0.05, 0.1) is 10.7 Å². The van der Waals surface area contributed by atoms with Crippen LogP contribution in [0.1, 0.15) is 35.8 Å². The zero-order valence-corrected chi connectivity index (χ0v) is 14.8. The molecule has 3 aromatic rings. The van der Waals surface area contributed by atoms with Gasteiger partial charge in [-0.3, -0.25) is 14.9 Å². The van der Waals surface area contributed by atoms with Gasteiger partial charge in [-0.05, 0) is 31.0 Å². The van der Waals surface area contributed by atoms with Gasteiger partial charge in [-0.25, -0.2) is 4.98 Å². The summed E-state index contributed by atoms with van der Waals surface area (Å²) in [6.07, 6.45) is 11.6. The van der Waals surface area contributed by atoms with Gasteiger partial charge in [0.15, 0.2) is 0 Å². The molecule has 1 unspecified atom stereocenters. The molecule has 0 radical (unpaired) electrons. The van der Waals surface area contributed by atoms with Crippen LogP contribution in [-0.4, -0.2) is 37.5 Å². The number of rotatable bonds is 3. The molecule has 1 saturated heterocycles. The Labute approximate surface area is 151 Å². The zero-order chi connectivity index (χ0) is 16.8. The molecule has 5 heterocycles. The summed E-state index contributed by atoms with van der Waals surface area (Å²) in [7, 11) is 0. The van der Waals surface area contributed by atoms with Crippen LogP contribution in [0.25, 0.3) is 11.0 Å². The summed E-state index contributed by atoms with van der Waals surface area (Å²) in [5.74, 6) is 0. The summed E-state index contributed by atoms with van der Waals surface area (Å²) in [6, 6.07) is 2.63. The maximum atomic E-state index is 6.28. The van der Waals surface area contributed by atoms with E-state index in [4.69, 9.17) is 11.6 Å². The highest BCUT2D eigenvalue weighted by Crippen LogP contribution is 2.43. The molecule has 0 aromatic carbocycles. The Hall–Kier alpha value is -1.98. The number of hydrogen-bond donors (Lipinski definition) is 0. The first-order valence-corrected chi connectivity index (χ1v) is 9.34. The Balaban J connectivity index is 1.61. The number of pyridine rings is 1. The molecule has 2 aliphatic rings. The summed E-state index contributed by atoms with van der Waals surface area (Å²) in [5.41, 5.74) is 4.99. The Kier molecular flexibility index (Phi) is 3.71. The molecule has 0 aliphatic carbocycles. The Morgan fingerprint density at radius 1 is 1.16 bits per heavy atom. The molecular weight excluding hydrogens is 334 g/mol. The van der Waals surface area contributed by atoms with Crippen molar-refractivity contribution in [3.8, 4) is 0 Å². The third kappa shape index (κ3) is 2.53. The molecule has 1 fully saturated rings. The first-order chi connectivity index (χ1) is 12.3. The maximum absolute atomic E-state index is 6.28. The van der Waals surface area contributed by atoms with Crippen LogP contribution in [0.3, 0.4) is 0 Å². The van der Waals surface area contributed by atoms with Crippen LogP contribution in [0.2, 0.25) is 5.02 Å². The third-order valence-electron chi connectivity index (χ3n) is 5.56. The topological polar surface area (TPSA) is 46.8 Å². The van der Waals surface area contributed by atoms with Gasteiger partial charge in [0.2, 0.25) is 0 Å². The normalized spacial score (nSPS) is 20.0. The molecule has 0 spiro atoms. The van der Waals surface area contributed by atoms with Gasteiger partial charge < -0.3 is 4.57 Å². The van der Waals surface area contributed by atoms with Gasteiger partial charge in [-0.2, -0.15) is 0 Å². The van der Waals surface area contributed by atoms with Gasteiger partial charge in [-0.1, -0.05) is 11.6 Å². The van der Waals surface area contributed by atoms with Crippen molar-refractivity contribution in [2.24, 2.45) is 0 Å². The lowest BCUT2D eigenvalue weighted by atomic mass is 9.96. The van der Waals surface area contributed by atoms with Crippen molar-refractivity contribution >= 4 is 22.6 Å². The minimum absolute atomic E-state index is 0.532. The zero-order valence-electron chi connectivity index (χ0n) is 14.0. The van der Waals surface area contributed by atoms with E-state index in [0.29, 0.717) is 6.04 Å². The standard InChI is InChI=1S/C19H20ClN5/c20-13-10-15-18-16-2-1-7-24(16)8-4-17(18)25(19(15)23-11-13)9-3-14-12-21-5-6-22-14/h5-6,10-12,16H,1-4,7-9H2. The first kappa shape index (κ1) is 15.3. The van der Waals surface area contributed by atoms with Crippen LogP contribution >= 0.6 is 11.6 Å². The van der Waals surface area contributed by atoms with Crippen molar-refractivity contribution in [2.75, 3.05) is 13.1 Å². The molecule has 3 aromatic heterocycles. The van der Waals surface area contributed by atoms with Crippen molar-refractivity contribution in [2.45, 2.75) is 38.3 Å². The van der Waals surface area contributed by atoms with Crippen LogP contribution in [-0.2, 0) is 19.4 Å². The lowest BCUT2D eigenvalue weighted by Gasteiger charge is -2.30. The van der Waals surface area contributed by atoms with Crippen LogP contribution < -0.4 is 0 Å². The van der Waals surface area contributed by atoms with Gasteiger partial charge in [-0.15, -0.1) is 0 Å². The Morgan fingerprint density at radius 3 is 3.00 bits per heavy atom. The lowest BCUT2D eigenvalue weighted by molar-refractivity contribution is 0.242. The molecule has 2 aliphatic heterocycles. The van der Waals surface area contributed by atoms with Crippen LogP contribution in [0.5, 0.6) is 0 Å². The smallest absolute Gasteiger partial charge is 0.140 e. The molecule has 1 atom stereocenters. The molecular formula is C19H20ClN5. The predicted molar refractivity (Wildman–Crippen MR) is 97.7 cm³/mol. The highest BCUT2D eigenvalue weighted by atomic mass is 35.5. The number of halogens is 1. The van der Waals surface area contributed by atoms with E-state index in [0.717, 1.165) is 42.3 Å². The largest absolute Gasteiger partial charge is 0.329 e. The molecule has 0 saturated carbocycles. The fourth-order valence-electron chi connectivity index (χ4n) is 4.51. The van der Waals surface area contributed by atoms with Gasteiger partial charge in [0, 0.05) is 67.8 Å². The predicted octanol–water partition coefficient (Wildman–Crippen LogP) is 3.42. The second-order valence-electron chi connectivity index (χ2n) is 6.93. The van der Waals surface area contributed by atoms with Gasteiger partial charge in [0.1, 0.15) is 5.65 Å². The lowest BCUT2D eigenvalue weighted by Crippen LogP contribution is -2.31. The summed E-state index contributed by atoms with van der Waals surface area (Å²) < 4.78 is 2.39. The molecule has 25 heavy (non-hydrogen) atoms. The number of aryl methyl sites for hydroxylation is 2. The highest BCUT2D eigenvalue weighted by Gasteiger charge is 2.35. The van der Waals surface area contributed by atoms with Gasteiger partial charge in [0.25, 0.3) is 0 Å². The fourth-order valence-corrected chi connectivity index (χ4v) is 4.67. The average molecular weight is 354 g/mol. The van der Waals surface area contributed by atoms with Gasteiger partial charge >= 0.3 is 0 Å². The van der Waals surface area contributed by atoms with Crippen LogP contribution in [0.4, 0.5) is 0 Å². The number of aromatic nitrogens is 4. The second-order valence-corrected chi connectivity index (χ2v) is 7.36. The number of hydrogen-bond acceptors (Lipinski definition) is 4. The van der Waals surface area contributed by atoms with Crippen molar-refractivity contribution < 1.29 is 0 Å². The minimum atomic E-state index is 0.532. The summed E-state index contributed by atoms with van der Waals surface area (Å²) in [4.78, 5) is 15.9. The molecule has 5 rings (SSSR count). The second kappa shape index (κ2) is 6.07. The third-order valence-corrected chi connectivity index (χ3v) is 5.76. The highest BCUT2D eigenvalue weighted by molar-refractivity contribution is 6.31. The molecule has 0 amide bonds. The number of nitrogens with zero attached hydrogens (tertiary/aromatic N) is 5. The van der Waals surface area contributed by atoms with E-state index < -0.39 is 0 Å². The first-order valence-electron chi connectivity index (χ1n) is 8.97. The van der Waals surface area contributed by atoms with Crippen molar-refractivity contribution in [3.05, 3.63) is 52.8 Å². The maximum Gasteiger partial charge on any atom is 0.140 e. The van der Waals surface area contributed by atoms with E-state index in [-0.39, 0.29) is 0 Å². The van der Waals surface area contributed by atoms with E-state index >= 15 is 0 Å². The summed E-state index contributed by atoms with van der Waals surface area (Å²) in [5, 5.41) is 1.95. The fraction of sp³-hybridized carbons (Fsp3) is 0.421. The van der Waals surface area contributed by atoms with E-state index in [1.165, 1.54) is 36.0 Å². The summed E-state index contributed by atoms with van der Waals surface area (Å²) >= 11 is 6.28. The Morgan fingerprint density at radius 2 is 2.12 bits per heavy atom. The average Bonchev–Trinajstić information content (AvgIpc) is 3.22. The quantitative estimate of drug-likeness (QED) is 0.724. The van der Waals surface area contributed by atoms with E-state index in [1.54, 1.807) is 18.6 Å². The number of fused-ring (bicyclic) bond motifs is 5. The molecule has 0 N–H and O–H groups in total. The van der Waals surface area contributed by atoms with Crippen molar-refractivity contribution in [3.63, 3.8) is 0 Å². The Bertz CT molecular complexity index is 920. The monoisotopic (exact) mass is 353 g/mol.